The van der Waals surface area contributed by atoms with Gasteiger partial charge < -0.3 is 24.8 Å². The van der Waals surface area contributed by atoms with Gasteiger partial charge in [-0.3, -0.25) is 5.32 Å². The van der Waals surface area contributed by atoms with Gasteiger partial charge in [-0.1, -0.05) is 54.6 Å². The first kappa shape index (κ1) is 20.7. The normalized spacial score (nSPS) is 24.0. The highest BCUT2D eigenvalue weighted by Crippen LogP contribution is 2.30. The number of carbonyl (C=O) groups is 1. The Morgan fingerprint density at radius 1 is 0.875 bits per heavy atom. The lowest BCUT2D eigenvalue weighted by Gasteiger charge is -2.20. The van der Waals surface area contributed by atoms with Gasteiger partial charge in [-0.15, -0.1) is 0 Å². The topological polar surface area (TPSA) is 80.9 Å². The number of thiocarbonyl (C=S) groups is 1. The van der Waals surface area contributed by atoms with Crippen LogP contribution in [0.1, 0.15) is 0 Å². The number of nitrogens with one attached hydrogen (secondary N) is 3. The molecule has 2 saturated heterocycles. The van der Waals surface area contributed by atoms with Gasteiger partial charge in [0.1, 0.15) is 12.2 Å². The highest BCUT2D eigenvalue weighted by Gasteiger charge is 2.49. The summed E-state index contributed by atoms with van der Waals surface area (Å²) in [5.74, 6) is 0. The van der Waals surface area contributed by atoms with E-state index in [1.807, 2.05) is 72.8 Å². The third-order valence-corrected chi connectivity index (χ3v) is 5.86. The minimum Gasteiger partial charge on any atom is -0.441 e. The largest absolute Gasteiger partial charge is 0.441 e. The van der Waals surface area contributed by atoms with Crippen molar-refractivity contribution in [1.82, 2.24) is 5.32 Å². The van der Waals surface area contributed by atoms with Crippen molar-refractivity contribution >= 4 is 45.6 Å². The number of carbonyl (C=O) groups excluding carboxylic acids is 1. The Balaban J connectivity index is 1.17. The van der Waals surface area contributed by atoms with Gasteiger partial charge in [0.15, 0.2) is 11.2 Å². The Bertz CT molecular complexity index is 1120. The lowest BCUT2D eigenvalue weighted by atomic mass is 10.1. The van der Waals surface area contributed by atoms with E-state index < -0.39 is 12.2 Å². The third-order valence-electron chi connectivity index (χ3n) is 5.64. The van der Waals surface area contributed by atoms with Gasteiger partial charge in [0.05, 0.1) is 24.9 Å². The van der Waals surface area contributed by atoms with E-state index in [9.17, 15) is 4.79 Å². The highest BCUT2D eigenvalue weighted by atomic mass is 32.1. The second-order valence-corrected chi connectivity index (χ2v) is 8.17. The maximum Gasteiger partial charge on any atom is 0.412 e. The molecule has 8 heteroatoms. The second-order valence-electron chi connectivity index (χ2n) is 7.76. The van der Waals surface area contributed by atoms with Gasteiger partial charge >= 0.3 is 6.09 Å². The molecular weight excluding hydrogens is 426 g/mol. The zero-order valence-corrected chi connectivity index (χ0v) is 18.0. The average molecular weight is 450 g/mol. The quantitative estimate of drug-likeness (QED) is 0.521. The zero-order chi connectivity index (χ0) is 21.9. The van der Waals surface area contributed by atoms with Crippen LogP contribution in [-0.2, 0) is 14.2 Å². The maximum absolute atomic E-state index is 12.6. The molecule has 0 aliphatic carbocycles. The molecule has 164 valence electrons. The number of amides is 1. The van der Waals surface area contributed by atoms with Gasteiger partial charge in [0.2, 0.25) is 0 Å². The molecule has 1 amide bonds. The van der Waals surface area contributed by atoms with Crippen LogP contribution in [-0.4, -0.2) is 48.8 Å². The van der Waals surface area contributed by atoms with Crippen molar-refractivity contribution in [2.75, 3.05) is 23.8 Å². The third kappa shape index (κ3) is 4.38. The van der Waals surface area contributed by atoms with Crippen LogP contribution < -0.4 is 16.0 Å². The fourth-order valence-electron chi connectivity index (χ4n) is 4.16. The fraction of sp³-hybridized carbons (Fsp3) is 0.250. The summed E-state index contributed by atoms with van der Waals surface area (Å²) in [5, 5.41) is 11.7. The lowest BCUT2D eigenvalue weighted by Crippen LogP contribution is -2.46. The fourth-order valence-corrected chi connectivity index (χ4v) is 4.43. The van der Waals surface area contributed by atoms with Crippen molar-refractivity contribution in [2.24, 2.45) is 0 Å². The molecule has 7 nitrogen and oxygen atoms in total. The van der Waals surface area contributed by atoms with E-state index in [1.54, 1.807) is 0 Å². The van der Waals surface area contributed by atoms with Crippen LogP contribution >= 0.6 is 12.2 Å². The predicted molar refractivity (Wildman–Crippen MR) is 127 cm³/mol. The number of fused-ring (bicyclic) bond motifs is 2. The van der Waals surface area contributed by atoms with E-state index in [2.05, 4.69) is 16.0 Å². The zero-order valence-electron chi connectivity index (χ0n) is 17.2. The molecule has 0 radical (unpaired) electrons. The molecule has 2 aliphatic heterocycles. The molecule has 3 aromatic carbocycles. The number of rotatable bonds is 4. The van der Waals surface area contributed by atoms with Gasteiger partial charge in [-0.05, 0) is 35.8 Å². The predicted octanol–water partition coefficient (Wildman–Crippen LogP) is 3.91. The first-order valence-corrected chi connectivity index (χ1v) is 10.9. The van der Waals surface area contributed by atoms with E-state index in [4.69, 9.17) is 26.4 Å². The van der Waals surface area contributed by atoms with Gasteiger partial charge in [0, 0.05) is 11.1 Å². The van der Waals surface area contributed by atoms with E-state index in [0.29, 0.717) is 17.4 Å². The number of hydrogen-bond donors (Lipinski definition) is 3. The Kier molecular flexibility index (Phi) is 5.89. The Morgan fingerprint density at radius 3 is 2.50 bits per heavy atom. The van der Waals surface area contributed by atoms with Gasteiger partial charge in [-0.25, -0.2) is 4.79 Å². The Hall–Kier alpha value is -3.20. The summed E-state index contributed by atoms with van der Waals surface area (Å²) >= 11 is 5.41. The van der Waals surface area contributed by atoms with E-state index in [1.165, 1.54) is 0 Å². The SMILES string of the molecule is O=C(Nc1cccc2ccccc12)O[C@@H]1CO[C@H]2[C@@H]1OC[C@@H]2NC(=S)Nc1ccccc1. The van der Waals surface area contributed by atoms with Crippen molar-refractivity contribution in [1.29, 1.82) is 0 Å². The van der Waals surface area contributed by atoms with Crippen molar-refractivity contribution in [3.8, 4) is 0 Å². The van der Waals surface area contributed by atoms with Gasteiger partial charge in [0.25, 0.3) is 0 Å². The summed E-state index contributed by atoms with van der Waals surface area (Å²) in [6.07, 6.45) is -1.61. The molecule has 3 N–H and O–H groups in total. The molecule has 4 atom stereocenters. The summed E-state index contributed by atoms with van der Waals surface area (Å²) in [7, 11) is 0. The van der Waals surface area contributed by atoms with Gasteiger partial charge in [-0.2, -0.15) is 0 Å². The summed E-state index contributed by atoms with van der Waals surface area (Å²) in [5.41, 5.74) is 1.60. The molecule has 2 aliphatic rings. The van der Waals surface area contributed by atoms with Crippen molar-refractivity contribution < 1.29 is 19.0 Å². The van der Waals surface area contributed by atoms with Crippen LogP contribution in [0.25, 0.3) is 10.8 Å². The molecule has 2 heterocycles. The lowest BCUT2D eigenvalue weighted by molar-refractivity contribution is 0.00881. The van der Waals surface area contributed by atoms with Crippen LogP contribution in [0.2, 0.25) is 0 Å². The average Bonchev–Trinajstić information content (AvgIpc) is 3.38. The van der Waals surface area contributed by atoms with E-state index in [0.717, 1.165) is 16.5 Å². The second kappa shape index (κ2) is 9.12. The molecular formula is C24H23N3O4S. The van der Waals surface area contributed by atoms with Crippen molar-refractivity contribution in [2.45, 2.75) is 24.4 Å². The Morgan fingerprint density at radius 2 is 1.62 bits per heavy atom. The summed E-state index contributed by atoms with van der Waals surface area (Å²) in [6, 6.07) is 23.2. The Labute approximate surface area is 191 Å². The van der Waals surface area contributed by atoms with Crippen molar-refractivity contribution in [3.05, 3.63) is 72.8 Å². The van der Waals surface area contributed by atoms with Crippen LogP contribution in [0, 0.1) is 0 Å². The van der Waals surface area contributed by atoms with Crippen LogP contribution in [0.4, 0.5) is 16.2 Å². The molecule has 32 heavy (non-hydrogen) atoms. The van der Waals surface area contributed by atoms with Crippen LogP contribution in [0.3, 0.4) is 0 Å². The smallest absolute Gasteiger partial charge is 0.412 e. The molecule has 0 bridgehead atoms. The molecule has 5 rings (SSSR count). The van der Waals surface area contributed by atoms with E-state index in [-0.39, 0.29) is 24.9 Å². The van der Waals surface area contributed by atoms with Crippen molar-refractivity contribution in [3.63, 3.8) is 0 Å². The summed E-state index contributed by atoms with van der Waals surface area (Å²) in [4.78, 5) is 12.6. The minimum atomic E-state index is -0.531. The minimum absolute atomic E-state index is 0.126. The number of para-hydroxylation sites is 1. The first-order valence-electron chi connectivity index (χ1n) is 10.5. The molecule has 0 saturated carbocycles. The number of benzene rings is 3. The van der Waals surface area contributed by atoms with Crippen LogP contribution in [0.5, 0.6) is 0 Å². The highest BCUT2D eigenvalue weighted by molar-refractivity contribution is 7.80. The first-order chi connectivity index (χ1) is 15.7. The van der Waals surface area contributed by atoms with Crippen LogP contribution in [0.15, 0.2) is 72.8 Å². The molecule has 0 spiro atoms. The maximum atomic E-state index is 12.6. The number of hydrogen-bond acceptors (Lipinski definition) is 5. The summed E-state index contributed by atoms with van der Waals surface area (Å²) in [6.45, 7) is 0.687. The summed E-state index contributed by atoms with van der Waals surface area (Å²) < 4.78 is 17.4. The molecule has 2 fully saturated rings. The molecule has 0 unspecified atom stereocenters. The standard InChI is InChI=1S/C24H23N3O4S/c28-24(27-18-12-6-8-15-7-4-5-11-17(15)18)31-20-14-30-21-19(13-29-22(20)21)26-23(32)25-16-9-2-1-3-10-16/h1-12,19-22H,13-14H2,(H,27,28)(H2,25,26,32)/t19-,20+,21+,22+/m0/s1. The monoisotopic (exact) mass is 449 g/mol. The molecule has 3 aromatic rings. The number of ether oxygens (including phenoxy) is 3. The molecule has 0 aromatic heterocycles. The van der Waals surface area contributed by atoms with E-state index >= 15 is 0 Å². The number of anilines is 2.